The molecule has 0 saturated carbocycles. The van der Waals surface area contributed by atoms with E-state index in [1.165, 1.54) is 0 Å². The van der Waals surface area contributed by atoms with E-state index in [1.807, 2.05) is 111 Å². The van der Waals surface area contributed by atoms with Gasteiger partial charge in [0, 0.05) is 11.1 Å². The molecule has 0 heterocycles. The minimum absolute atomic E-state index is 0.418. The monoisotopic (exact) mass is 454 g/mol. The summed E-state index contributed by atoms with van der Waals surface area (Å²) in [6.07, 6.45) is 0. The van der Waals surface area contributed by atoms with Crippen LogP contribution in [0.2, 0.25) is 0 Å². The van der Waals surface area contributed by atoms with Gasteiger partial charge in [-0.05, 0) is 37.1 Å². The molecule has 0 aliphatic rings. The van der Waals surface area contributed by atoms with Gasteiger partial charge in [0.2, 0.25) is 0 Å². The van der Waals surface area contributed by atoms with E-state index in [4.69, 9.17) is 9.47 Å². The predicted molar refractivity (Wildman–Crippen MR) is 134 cm³/mol. The van der Waals surface area contributed by atoms with Crippen LogP contribution in [0, 0.1) is 0 Å². The second kappa shape index (κ2) is 10.1. The van der Waals surface area contributed by atoms with Gasteiger partial charge in [-0.2, -0.15) is 0 Å². The molecule has 34 heavy (non-hydrogen) atoms. The second-order valence-electron chi connectivity index (χ2n) is 8.01. The molecular weight excluding hydrogens is 424 g/mol. The highest BCUT2D eigenvalue weighted by atomic mass is 16.5. The van der Waals surface area contributed by atoms with Crippen molar-refractivity contribution in [3.63, 3.8) is 0 Å². The summed E-state index contributed by atoms with van der Waals surface area (Å²) in [7, 11) is 0. The first kappa shape index (κ1) is 23.6. The summed E-state index contributed by atoms with van der Waals surface area (Å²) in [5.41, 5.74) is -1.87. The van der Waals surface area contributed by atoms with Crippen LogP contribution in [0.15, 0.2) is 109 Å². The Morgan fingerprint density at radius 3 is 1.18 bits per heavy atom. The van der Waals surface area contributed by atoms with E-state index < -0.39 is 11.2 Å². The Balaban J connectivity index is 2.14. The fourth-order valence-corrected chi connectivity index (χ4v) is 4.57. The molecule has 4 rings (SSSR count). The first-order valence-corrected chi connectivity index (χ1v) is 11.6. The summed E-state index contributed by atoms with van der Waals surface area (Å²) in [5, 5.41) is 25.8. The van der Waals surface area contributed by atoms with Crippen molar-refractivity contribution in [2.24, 2.45) is 0 Å². The lowest BCUT2D eigenvalue weighted by Crippen LogP contribution is -2.51. The van der Waals surface area contributed by atoms with Crippen molar-refractivity contribution in [3.8, 4) is 11.5 Å². The van der Waals surface area contributed by atoms with E-state index in [9.17, 15) is 10.2 Å². The van der Waals surface area contributed by atoms with Crippen molar-refractivity contribution in [1.29, 1.82) is 0 Å². The second-order valence-corrected chi connectivity index (χ2v) is 8.01. The molecule has 0 bridgehead atoms. The Morgan fingerprint density at radius 1 is 0.500 bits per heavy atom. The largest absolute Gasteiger partial charge is 0.493 e. The van der Waals surface area contributed by atoms with Gasteiger partial charge in [-0.1, -0.05) is 97.1 Å². The summed E-state index contributed by atoms with van der Waals surface area (Å²) >= 11 is 0. The maximum atomic E-state index is 12.9. The normalized spacial score (nSPS) is 14.6. The topological polar surface area (TPSA) is 58.9 Å². The first-order valence-electron chi connectivity index (χ1n) is 11.6. The van der Waals surface area contributed by atoms with Gasteiger partial charge >= 0.3 is 0 Å². The fourth-order valence-electron chi connectivity index (χ4n) is 4.57. The zero-order chi connectivity index (χ0) is 24.0. The van der Waals surface area contributed by atoms with E-state index in [0.717, 1.165) is 0 Å². The van der Waals surface area contributed by atoms with Crippen LogP contribution in [0.4, 0.5) is 0 Å². The predicted octanol–water partition coefficient (Wildman–Crippen LogP) is 5.66. The van der Waals surface area contributed by atoms with Gasteiger partial charge in [0.1, 0.15) is 11.5 Å². The smallest absolute Gasteiger partial charge is 0.155 e. The van der Waals surface area contributed by atoms with Crippen molar-refractivity contribution >= 4 is 0 Å². The van der Waals surface area contributed by atoms with Crippen molar-refractivity contribution in [2.45, 2.75) is 25.0 Å². The summed E-state index contributed by atoms with van der Waals surface area (Å²) in [5.74, 6) is 0.999. The van der Waals surface area contributed by atoms with Crippen molar-refractivity contribution < 1.29 is 19.7 Å². The average Bonchev–Trinajstić information content (AvgIpc) is 2.90. The van der Waals surface area contributed by atoms with Crippen LogP contribution < -0.4 is 9.47 Å². The molecule has 2 N–H and O–H groups in total. The van der Waals surface area contributed by atoms with Gasteiger partial charge in [0.15, 0.2) is 11.2 Å². The Hall–Kier alpha value is -3.60. The number of rotatable bonds is 9. The van der Waals surface area contributed by atoms with Gasteiger partial charge in [0.05, 0.1) is 13.2 Å². The van der Waals surface area contributed by atoms with Crippen molar-refractivity contribution in [3.05, 3.63) is 131 Å². The van der Waals surface area contributed by atoms with E-state index in [2.05, 4.69) is 0 Å². The summed E-state index contributed by atoms with van der Waals surface area (Å²) < 4.78 is 11.9. The minimum atomic E-state index is -1.92. The van der Waals surface area contributed by atoms with Gasteiger partial charge < -0.3 is 19.7 Å². The van der Waals surface area contributed by atoms with Crippen LogP contribution in [0.5, 0.6) is 11.5 Å². The highest BCUT2D eigenvalue weighted by molar-refractivity contribution is 5.57. The number of benzene rings is 4. The maximum Gasteiger partial charge on any atom is 0.155 e. The van der Waals surface area contributed by atoms with Crippen LogP contribution >= 0.6 is 0 Å². The molecule has 0 radical (unpaired) electrons. The lowest BCUT2D eigenvalue weighted by Gasteiger charge is -2.46. The molecule has 0 aliphatic carbocycles. The number of aliphatic hydroxyl groups is 2. The summed E-state index contributed by atoms with van der Waals surface area (Å²) in [4.78, 5) is 0. The van der Waals surface area contributed by atoms with Crippen LogP contribution in [0.1, 0.15) is 36.1 Å². The highest BCUT2D eigenvalue weighted by Gasteiger charge is 2.56. The third kappa shape index (κ3) is 3.96. The molecular formula is C30H30O4. The van der Waals surface area contributed by atoms with E-state index >= 15 is 0 Å². The van der Waals surface area contributed by atoms with Gasteiger partial charge in [-0.15, -0.1) is 0 Å². The van der Waals surface area contributed by atoms with Gasteiger partial charge in [-0.25, -0.2) is 0 Å². The van der Waals surface area contributed by atoms with Crippen LogP contribution in [-0.4, -0.2) is 23.4 Å². The quantitative estimate of drug-likeness (QED) is 0.343. The first-order chi connectivity index (χ1) is 16.6. The summed E-state index contributed by atoms with van der Waals surface area (Å²) in [6.45, 7) is 4.63. The molecule has 0 amide bonds. The third-order valence-corrected chi connectivity index (χ3v) is 6.06. The molecule has 0 saturated heterocycles. The highest BCUT2D eigenvalue weighted by Crippen LogP contribution is 2.53. The molecule has 0 aliphatic heterocycles. The maximum absolute atomic E-state index is 12.9. The molecule has 4 heteroatoms. The van der Waals surface area contributed by atoms with Crippen LogP contribution in [-0.2, 0) is 11.2 Å². The molecule has 4 nitrogen and oxygen atoms in total. The van der Waals surface area contributed by atoms with E-state index in [-0.39, 0.29) is 0 Å². The SMILES string of the molecule is CCOc1ccccc1[C@@](O)(c1ccccc1)[C@](O)(c1ccccc1)c1ccccc1OCC. The molecule has 0 aromatic heterocycles. The molecule has 4 aromatic rings. The number of hydrogen-bond acceptors (Lipinski definition) is 4. The zero-order valence-corrected chi connectivity index (χ0v) is 19.5. The van der Waals surface area contributed by atoms with Crippen molar-refractivity contribution in [2.75, 3.05) is 13.2 Å². The standard InChI is InChI=1S/C30H30O4/c1-3-33-27-21-13-11-19-25(27)29(31,23-15-7-5-8-16-23)30(32,24-17-9-6-10-18-24)26-20-12-14-22-28(26)34-4-2/h5-22,31-32H,3-4H2,1-2H3/t29-,30-/m0/s1. The fraction of sp³-hybridized carbons (Fsp3) is 0.200. The molecule has 0 unspecified atom stereocenters. The Bertz CT molecular complexity index is 1110. The molecule has 174 valence electrons. The van der Waals surface area contributed by atoms with E-state index in [0.29, 0.717) is 47.0 Å². The van der Waals surface area contributed by atoms with Gasteiger partial charge in [0.25, 0.3) is 0 Å². The van der Waals surface area contributed by atoms with Crippen molar-refractivity contribution in [1.82, 2.24) is 0 Å². The van der Waals surface area contributed by atoms with Crippen LogP contribution in [0.25, 0.3) is 0 Å². The Kier molecular flexibility index (Phi) is 7.01. The summed E-state index contributed by atoms with van der Waals surface area (Å²) in [6, 6.07) is 33.1. The third-order valence-electron chi connectivity index (χ3n) is 6.06. The van der Waals surface area contributed by atoms with Crippen LogP contribution in [0.3, 0.4) is 0 Å². The number of ether oxygens (including phenoxy) is 2. The molecule has 4 aromatic carbocycles. The average molecular weight is 455 g/mol. The van der Waals surface area contributed by atoms with Gasteiger partial charge in [-0.3, -0.25) is 0 Å². The molecule has 0 spiro atoms. The van der Waals surface area contributed by atoms with E-state index in [1.54, 1.807) is 12.1 Å². The lowest BCUT2D eigenvalue weighted by atomic mass is 9.66. The number of para-hydroxylation sites is 2. The number of hydrogen-bond donors (Lipinski definition) is 2. The molecule has 0 fully saturated rings. The zero-order valence-electron chi connectivity index (χ0n) is 19.5. The Morgan fingerprint density at radius 2 is 0.824 bits per heavy atom. The molecule has 2 atom stereocenters. The minimum Gasteiger partial charge on any atom is -0.493 e. The Labute approximate surface area is 201 Å². The lowest BCUT2D eigenvalue weighted by molar-refractivity contribution is -0.115.